The smallest absolute Gasteiger partial charge is 0.274 e. The Morgan fingerprint density at radius 2 is 2.21 bits per heavy atom. The van der Waals surface area contributed by atoms with Gasteiger partial charge in [0, 0.05) is 24.2 Å². The van der Waals surface area contributed by atoms with Crippen LogP contribution in [0.2, 0.25) is 0 Å². The summed E-state index contributed by atoms with van der Waals surface area (Å²) in [5, 5.41) is 10.7. The third-order valence-electron chi connectivity index (χ3n) is 2.03. The highest BCUT2D eigenvalue weighted by Crippen LogP contribution is 2.24. The van der Waals surface area contributed by atoms with Crippen molar-refractivity contribution in [3.8, 4) is 0 Å². The Morgan fingerprint density at radius 3 is 2.71 bits per heavy atom. The fraction of sp³-hybridized carbons (Fsp3) is 0.333. The minimum atomic E-state index is -0.477. The van der Waals surface area contributed by atoms with E-state index in [1.165, 1.54) is 6.07 Å². The SMILES string of the molecule is Cc1ccc([N+](=O)[O-])c([C@H](N)CN)c1. The minimum absolute atomic E-state index is 0.0357. The van der Waals surface area contributed by atoms with E-state index in [9.17, 15) is 10.1 Å². The molecule has 0 aliphatic carbocycles. The van der Waals surface area contributed by atoms with E-state index < -0.39 is 11.0 Å². The summed E-state index contributed by atoms with van der Waals surface area (Å²) in [7, 11) is 0. The molecule has 0 fully saturated rings. The summed E-state index contributed by atoms with van der Waals surface area (Å²) in [5.41, 5.74) is 12.5. The normalized spacial score (nSPS) is 12.5. The number of hydrogen-bond acceptors (Lipinski definition) is 4. The zero-order valence-corrected chi connectivity index (χ0v) is 7.93. The molecule has 0 unspecified atom stereocenters. The largest absolute Gasteiger partial charge is 0.329 e. The Balaban J connectivity index is 3.22. The molecule has 0 amide bonds. The number of aryl methyl sites for hydroxylation is 1. The van der Waals surface area contributed by atoms with Gasteiger partial charge < -0.3 is 11.5 Å². The zero-order chi connectivity index (χ0) is 10.7. The Morgan fingerprint density at radius 1 is 1.57 bits per heavy atom. The predicted molar refractivity (Wildman–Crippen MR) is 53.8 cm³/mol. The summed E-state index contributed by atoms with van der Waals surface area (Å²) in [5.74, 6) is 0. The second-order valence-electron chi connectivity index (χ2n) is 3.16. The summed E-state index contributed by atoms with van der Waals surface area (Å²) < 4.78 is 0. The number of hydrogen-bond donors (Lipinski definition) is 2. The van der Waals surface area contributed by atoms with Crippen molar-refractivity contribution < 1.29 is 4.92 Å². The van der Waals surface area contributed by atoms with E-state index in [0.717, 1.165) is 5.56 Å². The highest BCUT2D eigenvalue weighted by molar-refractivity contribution is 5.44. The average Bonchev–Trinajstić information content (AvgIpc) is 2.16. The van der Waals surface area contributed by atoms with Crippen LogP contribution in [0, 0.1) is 17.0 Å². The third kappa shape index (κ3) is 2.07. The van der Waals surface area contributed by atoms with Crippen LogP contribution in [0.25, 0.3) is 0 Å². The van der Waals surface area contributed by atoms with Gasteiger partial charge in [-0.2, -0.15) is 0 Å². The molecule has 0 aliphatic rings. The Bertz CT molecular complexity index is 352. The van der Waals surface area contributed by atoms with Crippen molar-refractivity contribution in [2.45, 2.75) is 13.0 Å². The van der Waals surface area contributed by atoms with E-state index in [0.29, 0.717) is 5.56 Å². The van der Waals surface area contributed by atoms with Crippen LogP contribution in [-0.2, 0) is 0 Å². The van der Waals surface area contributed by atoms with Gasteiger partial charge >= 0.3 is 0 Å². The first-order chi connectivity index (χ1) is 6.56. The molecule has 0 bridgehead atoms. The Labute approximate surface area is 81.9 Å². The van der Waals surface area contributed by atoms with Gasteiger partial charge in [0.05, 0.1) is 4.92 Å². The molecule has 0 aromatic heterocycles. The predicted octanol–water partition coefficient (Wildman–Crippen LogP) is 0.862. The fourth-order valence-corrected chi connectivity index (χ4v) is 1.26. The molecule has 0 radical (unpaired) electrons. The molecule has 5 nitrogen and oxygen atoms in total. The molecule has 1 rings (SSSR count). The molecule has 1 aromatic carbocycles. The first-order valence-corrected chi connectivity index (χ1v) is 4.27. The maximum atomic E-state index is 10.7. The van der Waals surface area contributed by atoms with E-state index in [1.54, 1.807) is 12.1 Å². The molecule has 1 aromatic rings. The second-order valence-corrected chi connectivity index (χ2v) is 3.16. The lowest BCUT2D eigenvalue weighted by Gasteiger charge is -2.10. The highest BCUT2D eigenvalue weighted by Gasteiger charge is 2.17. The number of nitro groups is 1. The molecule has 5 heteroatoms. The minimum Gasteiger partial charge on any atom is -0.329 e. The van der Waals surface area contributed by atoms with E-state index in [-0.39, 0.29) is 12.2 Å². The van der Waals surface area contributed by atoms with Gasteiger partial charge in [-0.25, -0.2) is 0 Å². The standard InChI is InChI=1S/C9H13N3O2/c1-6-2-3-9(12(13)14)7(4-6)8(11)5-10/h2-4,8H,5,10-11H2,1H3/t8-/m1/s1. The van der Waals surface area contributed by atoms with E-state index in [1.807, 2.05) is 6.92 Å². The van der Waals surface area contributed by atoms with Crippen molar-refractivity contribution in [1.82, 2.24) is 0 Å². The van der Waals surface area contributed by atoms with E-state index in [4.69, 9.17) is 11.5 Å². The van der Waals surface area contributed by atoms with Crippen LogP contribution < -0.4 is 11.5 Å². The van der Waals surface area contributed by atoms with Crippen LogP contribution >= 0.6 is 0 Å². The Hall–Kier alpha value is -1.46. The molecule has 0 saturated carbocycles. The lowest BCUT2D eigenvalue weighted by molar-refractivity contribution is -0.385. The van der Waals surface area contributed by atoms with Crippen molar-refractivity contribution in [3.05, 3.63) is 39.4 Å². The summed E-state index contributed by atoms with van der Waals surface area (Å²) in [6.07, 6.45) is 0. The van der Waals surface area contributed by atoms with Crippen molar-refractivity contribution in [3.63, 3.8) is 0 Å². The van der Waals surface area contributed by atoms with Gasteiger partial charge in [-0.05, 0) is 13.0 Å². The molecule has 1 atom stereocenters. The van der Waals surface area contributed by atoms with Crippen LogP contribution in [-0.4, -0.2) is 11.5 Å². The molecule has 4 N–H and O–H groups in total. The maximum Gasteiger partial charge on any atom is 0.274 e. The molecule has 0 saturated heterocycles. The van der Waals surface area contributed by atoms with Crippen LogP contribution in [0.4, 0.5) is 5.69 Å². The number of nitrogens with two attached hydrogens (primary N) is 2. The number of benzene rings is 1. The molecular weight excluding hydrogens is 182 g/mol. The van der Waals surface area contributed by atoms with Crippen LogP contribution in [0.1, 0.15) is 17.2 Å². The first kappa shape index (κ1) is 10.6. The van der Waals surface area contributed by atoms with Gasteiger partial charge in [-0.15, -0.1) is 0 Å². The summed E-state index contributed by atoms with van der Waals surface area (Å²) in [6, 6.07) is 4.37. The lowest BCUT2D eigenvalue weighted by Crippen LogP contribution is -2.21. The van der Waals surface area contributed by atoms with Crippen molar-refractivity contribution >= 4 is 5.69 Å². The van der Waals surface area contributed by atoms with Gasteiger partial charge in [0.2, 0.25) is 0 Å². The monoisotopic (exact) mass is 195 g/mol. The number of nitro benzene ring substituents is 1. The topological polar surface area (TPSA) is 95.2 Å². The quantitative estimate of drug-likeness (QED) is 0.552. The van der Waals surface area contributed by atoms with E-state index in [2.05, 4.69) is 0 Å². The van der Waals surface area contributed by atoms with Crippen LogP contribution in [0.15, 0.2) is 18.2 Å². The van der Waals surface area contributed by atoms with Crippen molar-refractivity contribution in [1.29, 1.82) is 0 Å². The zero-order valence-electron chi connectivity index (χ0n) is 7.93. The molecule has 14 heavy (non-hydrogen) atoms. The fourth-order valence-electron chi connectivity index (χ4n) is 1.26. The summed E-state index contributed by atoms with van der Waals surface area (Å²) in [6.45, 7) is 2.06. The molecule has 0 spiro atoms. The van der Waals surface area contributed by atoms with Gasteiger partial charge in [-0.3, -0.25) is 10.1 Å². The molecule has 0 heterocycles. The van der Waals surface area contributed by atoms with Gasteiger partial charge in [-0.1, -0.05) is 11.6 Å². The lowest BCUT2D eigenvalue weighted by atomic mass is 10.0. The number of nitrogens with zero attached hydrogens (tertiary/aromatic N) is 1. The van der Waals surface area contributed by atoms with E-state index >= 15 is 0 Å². The maximum absolute atomic E-state index is 10.7. The molecule has 76 valence electrons. The summed E-state index contributed by atoms with van der Waals surface area (Å²) >= 11 is 0. The van der Waals surface area contributed by atoms with Crippen LogP contribution in [0.3, 0.4) is 0 Å². The molecule has 0 aliphatic heterocycles. The average molecular weight is 195 g/mol. The number of rotatable bonds is 3. The molecular formula is C9H13N3O2. The van der Waals surface area contributed by atoms with Gasteiger partial charge in [0.25, 0.3) is 5.69 Å². The van der Waals surface area contributed by atoms with Crippen molar-refractivity contribution in [2.24, 2.45) is 11.5 Å². The van der Waals surface area contributed by atoms with Crippen LogP contribution in [0.5, 0.6) is 0 Å². The second kappa shape index (κ2) is 4.17. The van der Waals surface area contributed by atoms with Crippen molar-refractivity contribution in [2.75, 3.05) is 6.54 Å². The first-order valence-electron chi connectivity index (χ1n) is 4.27. The van der Waals surface area contributed by atoms with Gasteiger partial charge in [0.15, 0.2) is 0 Å². The Kier molecular flexibility index (Phi) is 3.16. The third-order valence-corrected chi connectivity index (χ3v) is 2.03. The summed E-state index contributed by atoms with van der Waals surface area (Å²) in [4.78, 5) is 10.2. The van der Waals surface area contributed by atoms with Gasteiger partial charge in [0.1, 0.15) is 0 Å². The highest BCUT2D eigenvalue weighted by atomic mass is 16.6.